The first-order valence-electron chi connectivity index (χ1n) is 5.16. The van der Waals surface area contributed by atoms with Gasteiger partial charge >= 0.3 is 0 Å². The molecule has 0 fully saturated rings. The third-order valence-corrected chi connectivity index (χ3v) is 2.19. The monoisotopic (exact) mass is 204 g/mol. The van der Waals surface area contributed by atoms with Crippen LogP contribution in [0.15, 0.2) is 35.3 Å². The van der Waals surface area contributed by atoms with Gasteiger partial charge in [0.25, 0.3) is 0 Å². The normalized spacial score (nSPS) is 10.5. The second-order valence-electron chi connectivity index (χ2n) is 3.37. The summed E-state index contributed by atoms with van der Waals surface area (Å²) in [6.07, 6.45) is 9.25. The number of rotatable bonds is 4. The van der Waals surface area contributed by atoms with Gasteiger partial charge in [0.1, 0.15) is 12.5 Å². The molecule has 0 aromatic carbocycles. The molecule has 0 bridgehead atoms. The van der Waals surface area contributed by atoms with Crippen LogP contribution < -0.4 is 4.68 Å². The van der Waals surface area contributed by atoms with E-state index in [0.29, 0.717) is 5.89 Å². The maximum atomic E-state index is 5.18. The van der Waals surface area contributed by atoms with Crippen molar-refractivity contribution in [1.29, 1.82) is 0 Å². The van der Waals surface area contributed by atoms with Crippen molar-refractivity contribution in [1.82, 2.24) is 10.1 Å². The fourth-order valence-corrected chi connectivity index (χ4v) is 1.33. The highest BCUT2D eigenvalue weighted by atomic mass is 16.3. The molecule has 0 radical (unpaired) electrons. The first-order chi connectivity index (χ1) is 7.40. The lowest BCUT2D eigenvalue weighted by Gasteiger charge is -1.94. The molecule has 0 atom stereocenters. The summed E-state index contributed by atoms with van der Waals surface area (Å²) in [5, 5.41) is 4.29. The first kappa shape index (κ1) is 9.83. The Morgan fingerprint density at radius 3 is 3.00 bits per heavy atom. The topological polar surface area (TPSA) is 42.8 Å². The smallest absolute Gasteiger partial charge is 0.227 e. The van der Waals surface area contributed by atoms with Crippen LogP contribution in [0.5, 0.6) is 0 Å². The summed E-state index contributed by atoms with van der Waals surface area (Å²) < 4.78 is 7.11. The minimum atomic E-state index is 0.616. The van der Waals surface area contributed by atoms with Crippen LogP contribution in [-0.2, 0) is 6.54 Å². The van der Waals surface area contributed by atoms with Crippen molar-refractivity contribution in [2.45, 2.75) is 26.3 Å². The van der Waals surface area contributed by atoms with Crippen molar-refractivity contribution in [3.8, 4) is 11.5 Å². The van der Waals surface area contributed by atoms with Gasteiger partial charge in [-0.25, -0.2) is 4.98 Å². The van der Waals surface area contributed by atoms with Gasteiger partial charge in [-0.3, -0.25) is 0 Å². The number of aryl methyl sites for hydroxylation is 1. The van der Waals surface area contributed by atoms with E-state index in [1.165, 1.54) is 6.42 Å². The van der Waals surface area contributed by atoms with Crippen LogP contribution in [0.25, 0.3) is 11.5 Å². The summed E-state index contributed by atoms with van der Waals surface area (Å²) in [6, 6.07) is 1.97. The Morgan fingerprint density at radius 1 is 1.47 bits per heavy atom. The Balaban J connectivity index is 2.11. The quantitative estimate of drug-likeness (QED) is 0.713. The summed E-state index contributed by atoms with van der Waals surface area (Å²) >= 11 is 0. The average molecular weight is 204 g/mol. The number of aromatic nitrogens is 3. The van der Waals surface area contributed by atoms with Gasteiger partial charge in [0.15, 0.2) is 12.7 Å². The maximum Gasteiger partial charge on any atom is 0.227 e. The molecule has 4 heteroatoms. The van der Waals surface area contributed by atoms with E-state index in [4.69, 9.17) is 4.42 Å². The summed E-state index contributed by atoms with van der Waals surface area (Å²) in [5.74, 6) is 0.616. The Labute approximate surface area is 88.6 Å². The molecule has 0 spiro atoms. The van der Waals surface area contributed by atoms with Crippen molar-refractivity contribution in [2.75, 3.05) is 0 Å². The highest BCUT2D eigenvalue weighted by molar-refractivity contribution is 5.49. The van der Waals surface area contributed by atoms with Gasteiger partial charge in [-0.1, -0.05) is 18.0 Å². The van der Waals surface area contributed by atoms with Crippen molar-refractivity contribution in [2.24, 2.45) is 0 Å². The van der Waals surface area contributed by atoms with Crippen LogP contribution in [-0.4, -0.2) is 10.1 Å². The molecule has 15 heavy (non-hydrogen) atoms. The number of oxazole rings is 1. The third-order valence-electron chi connectivity index (χ3n) is 2.19. The summed E-state index contributed by atoms with van der Waals surface area (Å²) in [5.41, 5.74) is 0.910. The molecular formula is C11H14N3O+. The van der Waals surface area contributed by atoms with Gasteiger partial charge in [-0.05, 0) is 5.10 Å². The van der Waals surface area contributed by atoms with E-state index in [2.05, 4.69) is 17.0 Å². The van der Waals surface area contributed by atoms with Crippen LogP contribution >= 0.6 is 0 Å². The zero-order valence-electron chi connectivity index (χ0n) is 8.76. The van der Waals surface area contributed by atoms with Crippen molar-refractivity contribution >= 4 is 0 Å². The standard InChI is InChI=1S/C11H14N3O/c1-2-3-6-14-7-4-10(9-13-14)11-12-5-8-15-11/h4-5,7-9H,2-3,6H2,1H3/q+1. The fraction of sp³-hybridized carbons (Fsp3) is 0.364. The van der Waals surface area contributed by atoms with E-state index in [1.54, 1.807) is 18.7 Å². The van der Waals surface area contributed by atoms with Crippen LogP contribution in [0.3, 0.4) is 0 Å². The molecule has 0 amide bonds. The molecule has 2 heterocycles. The molecule has 0 aliphatic heterocycles. The summed E-state index contributed by atoms with van der Waals surface area (Å²) in [4.78, 5) is 4.06. The number of nitrogens with zero attached hydrogens (tertiary/aromatic N) is 3. The lowest BCUT2D eigenvalue weighted by atomic mass is 10.3. The van der Waals surface area contributed by atoms with Gasteiger partial charge in [-0.2, -0.15) is 0 Å². The predicted octanol–water partition coefficient (Wildman–Crippen LogP) is 1.82. The number of hydrogen-bond donors (Lipinski definition) is 0. The van der Waals surface area contributed by atoms with E-state index in [1.807, 2.05) is 16.9 Å². The first-order valence-corrected chi connectivity index (χ1v) is 5.16. The Morgan fingerprint density at radius 2 is 2.40 bits per heavy atom. The molecule has 2 aromatic heterocycles. The van der Waals surface area contributed by atoms with Crippen molar-refractivity contribution < 1.29 is 9.10 Å². The minimum Gasteiger partial charge on any atom is -0.444 e. The van der Waals surface area contributed by atoms with Crippen molar-refractivity contribution in [3.63, 3.8) is 0 Å². The van der Waals surface area contributed by atoms with Crippen LogP contribution in [0, 0.1) is 0 Å². The molecule has 0 aliphatic rings. The van der Waals surface area contributed by atoms with Gasteiger partial charge in [0, 0.05) is 12.5 Å². The number of hydrogen-bond acceptors (Lipinski definition) is 3. The van der Waals surface area contributed by atoms with E-state index < -0.39 is 0 Å². The van der Waals surface area contributed by atoms with Gasteiger partial charge in [0.2, 0.25) is 5.89 Å². The Hall–Kier alpha value is -1.71. The third kappa shape index (κ3) is 2.40. The molecule has 78 valence electrons. The lowest BCUT2D eigenvalue weighted by Crippen LogP contribution is -2.37. The molecular weight excluding hydrogens is 190 g/mol. The zero-order chi connectivity index (χ0) is 10.5. The molecule has 0 saturated heterocycles. The maximum absolute atomic E-state index is 5.18. The molecule has 0 unspecified atom stereocenters. The van der Waals surface area contributed by atoms with E-state index in [9.17, 15) is 0 Å². The van der Waals surface area contributed by atoms with Crippen LogP contribution in [0.2, 0.25) is 0 Å². The highest BCUT2D eigenvalue weighted by Crippen LogP contribution is 2.13. The molecule has 0 saturated carbocycles. The minimum absolute atomic E-state index is 0.616. The predicted molar refractivity (Wildman–Crippen MR) is 54.8 cm³/mol. The lowest BCUT2D eigenvalue weighted by molar-refractivity contribution is -0.754. The molecule has 2 rings (SSSR count). The van der Waals surface area contributed by atoms with Crippen LogP contribution in [0.1, 0.15) is 19.8 Å². The van der Waals surface area contributed by atoms with E-state index >= 15 is 0 Å². The van der Waals surface area contributed by atoms with Crippen LogP contribution in [0.4, 0.5) is 0 Å². The molecule has 2 aromatic rings. The fourth-order valence-electron chi connectivity index (χ4n) is 1.33. The average Bonchev–Trinajstić information content (AvgIpc) is 2.80. The molecule has 0 aliphatic carbocycles. The van der Waals surface area contributed by atoms with Gasteiger partial charge in [0.05, 0.1) is 11.8 Å². The Kier molecular flexibility index (Phi) is 3.07. The Bertz CT molecular complexity index is 394. The molecule has 4 nitrogen and oxygen atoms in total. The van der Waals surface area contributed by atoms with Gasteiger partial charge < -0.3 is 4.42 Å². The second kappa shape index (κ2) is 4.68. The number of unbranched alkanes of at least 4 members (excludes halogenated alkanes) is 1. The summed E-state index contributed by atoms with van der Waals surface area (Å²) in [6.45, 7) is 3.13. The summed E-state index contributed by atoms with van der Waals surface area (Å²) in [7, 11) is 0. The molecule has 0 N–H and O–H groups in total. The second-order valence-corrected chi connectivity index (χ2v) is 3.37. The SMILES string of the molecule is CCCC[n+]1ccc(-c2ncco2)cn1. The highest BCUT2D eigenvalue weighted by Gasteiger charge is 2.06. The zero-order valence-corrected chi connectivity index (χ0v) is 8.76. The van der Waals surface area contributed by atoms with E-state index in [-0.39, 0.29) is 0 Å². The largest absolute Gasteiger partial charge is 0.444 e. The van der Waals surface area contributed by atoms with E-state index in [0.717, 1.165) is 18.5 Å². The van der Waals surface area contributed by atoms with Crippen molar-refractivity contribution in [3.05, 3.63) is 30.9 Å². The van der Waals surface area contributed by atoms with Gasteiger partial charge in [-0.15, -0.1) is 0 Å².